The molecule has 39 atom stereocenters. The maximum absolute atomic E-state index is 12.7. The van der Waals surface area contributed by atoms with Crippen molar-refractivity contribution in [3.63, 3.8) is 0 Å². The first kappa shape index (κ1) is 72.7. The summed E-state index contributed by atoms with van der Waals surface area (Å²) in [6.07, 6.45) is -38.6. The van der Waals surface area contributed by atoms with Gasteiger partial charge >= 0.3 is 0 Å². The number of allylic oxidation sites excluding steroid dienone is 1. The molecule has 4 aliphatic carbocycles. The summed E-state index contributed by atoms with van der Waals surface area (Å²) in [7, 11) is 1.69. The van der Waals surface area contributed by atoms with E-state index < -0.39 is 217 Å². The number of methoxy groups -OCH3 is 1. The summed E-state index contributed by atoms with van der Waals surface area (Å²) in [5.74, 6) is 0.418. The van der Waals surface area contributed by atoms with E-state index in [1.54, 1.807) is 7.11 Å². The molecule has 11 rings (SSSR count). The molecule has 7 aliphatic heterocycles. The van der Waals surface area contributed by atoms with Crippen molar-refractivity contribution in [2.24, 2.45) is 46.3 Å². The van der Waals surface area contributed by atoms with Crippen molar-refractivity contribution < 1.29 is 153 Å². The number of rotatable bonds is 20. The van der Waals surface area contributed by atoms with E-state index in [-0.39, 0.29) is 41.3 Å². The Hall–Kier alpha value is -1.50. The minimum Gasteiger partial charge on any atom is -0.394 e. The highest BCUT2D eigenvalue weighted by atomic mass is 16.8. The van der Waals surface area contributed by atoms with Crippen molar-refractivity contribution in [1.82, 2.24) is 0 Å². The van der Waals surface area contributed by atoms with Crippen LogP contribution in [0.15, 0.2) is 11.6 Å². The Morgan fingerprint density at radius 2 is 1.11 bits per heavy atom. The van der Waals surface area contributed by atoms with E-state index in [0.29, 0.717) is 49.9 Å². The second kappa shape index (κ2) is 29.2. The van der Waals surface area contributed by atoms with Crippen LogP contribution in [0.5, 0.6) is 0 Å². The first-order valence-electron chi connectivity index (χ1n) is 33.2. The molecule has 11 aliphatic rings. The third kappa shape index (κ3) is 13.6. The molecule has 0 amide bonds. The topological polar surface area (TPSA) is 473 Å². The van der Waals surface area contributed by atoms with Crippen LogP contribution in [0.4, 0.5) is 0 Å². The molecule has 0 bridgehead atoms. The summed E-state index contributed by atoms with van der Waals surface area (Å²) < 4.78 is 86.1. The highest BCUT2D eigenvalue weighted by Crippen LogP contribution is 2.70. The number of ether oxygens (including phenoxy) is 14. The lowest BCUT2D eigenvalue weighted by atomic mass is 9.47. The van der Waals surface area contributed by atoms with Crippen LogP contribution in [0, 0.1) is 46.3 Å². The molecule has 0 aromatic carbocycles. The van der Waals surface area contributed by atoms with Gasteiger partial charge in [-0.25, -0.2) is 0 Å². The summed E-state index contributed by atoms with van der Waals surface area (Å²) >= 11 is 0. The number of fused-ring (bicyclic) bond motifs is 7. The van der Waals surface area contributed by atoms with Crippen LogP contribution in [0.2, 0.25) is 0 Å². The fourth-order valence-electron chi connectivity index (χ4n) is 17.7. The molecule has 0 aromatic rings. The van der Waals surface area contributed by atoms with Crippen LogP contribution in [0.3, 0.4) is 0 Å². The van der Waals surface area contributed by atoms with E-state index in [1.165, 1.54) is 12.5 Å². The number of hydrogen-bond donors (Lipinski definition) is 17. The molecule has 31 nitrogen and oxygen atoms in total. The fraction of sp³-hybridized carbons (Fsp3) is 0.968. The second-order valence-electron chi connectivity index (χ2n) is 28.7. The van der Waals surface area contributed by atoms with Crippen molar-refractivity contribution in [2.45, 2.75) is 282 Å². The van der Waals surface area contributed by atoms with Crippen molar-refractivity contribution in [2.75, 3.05) is 46.8 Å². The molecular weight excluding hydrogens is 1240 g/mol. The van der Waals surface area contributed by atoms with Crippen LogP contribution < -0.4 is 0 Å². The molecule has 31 heteroatoms. The highest BCUT2D eigenvalue weighted by molar-refractivity contribution is 5.26. The monoisotopic (exact) mass is 1340 g/mol. The minimum atomic E-state index is -1.96. The average Bonchev–Trinajstić information content (AvgIpc) is 1.56. The molecule has 10 fully saturated rings. The molecular formula is C62H102O31. The van der Waals surface area contributed by atoms with Gasteiger partial charge in [-0.2, -0.15) is 0 Å². The fourth-order valence-corrected chi connectivity index (χ4v) is 17.7. The van der Waals surface area contributed by atoms with E-state index in [4.69, 9.17) is 66.3 Å². The largest absolute Gasteiger partial charge is 0.394 e. The summed E-state index contributed by atoms with van der Waals surface area (Å²) in [5, 5.41) is 183. The van der Waals surface area contributed by atoms with Gasteiger partial charge in [-0.3, -0.25) is 0 Å². The van der Waals surface area contributed by atoms with E-state index in [9.17, 15) is 86.8 Å². The molecule has 17 N–H and O–H groups in total. The Balaban J connectivity index is 0.790. The van der Waals surface area contributed by atoms with Crippen LogP contribution in [0.25, 0.3) is 0 Å². The smallest absolute Gasteiger partial charge is 0.187 e. The third-order valence-electron chi connectivity index (χ3n) is 23.3. The molecule has 7 saturated heterocycles. The lowest BCUT2D eigenvalue weighted by Crippen LogP contribution is -2.68. The van der Waals surface area contributed by atoms with Crippen LogP contribution in [0.1, 0.15) is 92.4 Å². The van der Waals surface area contributed by atoms with Gasteiger partial charge in [0.15, 0.2) is 43.5 Å². The predicted octanol–water partition coefficient (Wildman–Crippen LogP) is -5.43. The zero-order valence-electron chi connectivity index (χ0n) is 53.3. The van der Waals surface area contributed by atoms with Gasteiger partial charge in [0.25, 0.3) is 0 Å². The zero-order chi connectivity index (χ0) is 67.1. The van der Waals surface area contributed by atoms with Gasteiger partial charge in [-0.05, 0) is 98.7 Å². The maximum Gasteiger partial charge on any atom is 0.187 e. The predicted molar refractivity (Wildman–Crippen MR) is 308 cm³/mol. The van der Waals surface area contributed by atoms with Crippen molar-refractivity contribution >= 4 is 0 Å². The molecule has 536 valence electrons. The lowest BCUT2D eigenvalue weighted by Gasteiger charge is -2.58. The molecule has 0 spiro atoms. The Labute approximate surface area is 538 Å². The van der Waals surface area contributed by atoms with Gasteiger partial charge < -0.3 is 153 Å². The van der Waals surface area contributed by atoms with Gasteiger partial charge in [0, 0.05) is 19.4 Å². The van der Waals surface area contributed by atoms with Crippen molar-refractivity contribution in [3.8, 4) is 0 Å². The van der Waals surface area contributed by atoms with Gasteiger partial charge in [0.1, 0.15) is 128 Å². The minimum absolute atomic E-state index is 0.0372. The van der Waals surface area contributed by atoms with Gasteiger partial charge in [0.2, 0.25) is 0 Å². The van der Waals surface area contributed by atoms with Gasteiger partial charge in [0.05, 0.1) is 58.0 Å². The van der Waals surface area contributed by atoms with Crippen LogP contribution >= 0.6 is 0 Å². The Kier molecular flexibility index (Phi) is 22.9. The lowest BCUT2D eigenvalue weighted by molar-refractivity contribution is -0.408. The van der Waals surface area contributed by atoms with E-state index in [2.05, 4.69) is 26.8 Å². The van der Waals surface area contributed by atoms with Gasteiger partial charge in [-0.15, -0.1) is 0 Å². The number of hydrogen-bond acceptors (Lipinski definition) is 31. The Morgan fingerprint density at radius 1 is 0.548 bits per heavy atom. The molecule has 0 radical (unpaired) electrons. The first-order chi connectivity index (χ1) is 44.1. The Morgan fingerprint density at radius 3 is 1.75 bits per heavy atom. The first-order valence-corrected chi connectivity index (χ1v) is 33.2. The SMILES string of the molecule is COC1(CCC(C)COC2OC(CO)C(O)C(O)C2O)OC2CC3C4CC=C5CC(OC6OC(CO)C(OC7OC(CO)C(O)C(OC8OCC(O)C(O)C8O)C7OC7OCC(O)C(O)C7O)C(O)C6OC6OC(C)C(O)C(O)C6O)CCC5(C)C4CCC3(C)C2C1C. The number of aliphatic hydroxyl groups excluding tert-OH is 17. The Bertz CT molecular complexity index is 2470. The normalized spacial score (nSPS) is 54.5. The summed E-state index contributed by atoms with van der Waals surface area (Å²) in [4.78, 5) is 0. The van der Waals surface area contributed by atoms with Crippen molar-refractivity contribution in [1.29, 1.82) is 0 Å². The third-order valence-corrected chi connectivity index (χ3v) is 23.3. The second-order valence-corrected chi connectivity index (χ2v) is 28.7. The highest BCUT2D eigenvalue weighted by Gasteiger charge is 2.69. The molecule has 0 aromatic heterocycles. The van der Waals surface area contributed by atoms with Crippen molar-refractivity contribution in [3.05, 3.63) is 11.6 Å². The number of aliphatic hydroxyl groups is 17. The molecule has 7 heterocycles. The van der Waals surface area contributed by atoms with E-state index in [0.717, 1.165) is 25.7 Å². The summed E-state index contributed by atoms with van der Waals surface area (Å²) in [6.45, 7) is 7.12. The summed E-state index contributed by atoms with van der Waals surface area (Å²) in [6, 6.07) is 0. The zero-order valence-corrected chi connectivity index (χ0v) is 53.3. The van der Waals surface area contributed by atoms with E-state index >= 15 is 0 Å². The maximum atomic E-state index is 12.7. The molecule has 39 unspecified atom stereocenters. The summed E-state index contributed by atoms with van der Waals surface area (Å²) in [5.41, 5.74) is 0.924. The quantitative estimate of drug-likeness (QED) is 0.0506. The van der Waals surface area contributed by atoms with Crippen LogP contribution in [-0.2, 0) is 66.3 Å². The standard InChI is InChI=1S/C62H102O31/c1-23(20-81-54-47(77)44(74)41(71)34(17-63)86-54)9-14-62(80-6)24(2)37-33(93-62)16-30-28-8-7-26-15-27(10-12-60(26,4)29(28)11-13-61(30,37)5)85-58-52(91-57-48(78)43(73)38(68)25(3)84-57)49(79)50(36(19-65)88-58)89-59-53(92-56-46(76)40(70)32(67)22-83-56)51(42(72)35(18-64)87-59)90-55-45(75)39(69)31(66)21-82-55/h7,23-25,27-59,63-79H,8-22H2,1-6H3. The molecule has 93 heavy (non-hydrogen) atoms. The average molecular weight is 1340 g/mol. The molecule has 3 saturated carbocycles. The van der Waals surface area contributed by atoms with Crippen LogP contribution in [-0.4, -0.2) is 324 Å². The van der Waals surface area contributed by atoms with Gasteiger partial charge in [-0.1, -0.05) is 39.3 Å². The van der Waals surface area contributed by atoms with E-state index in [1.807, 2.05) is 6.92 Å².